The van der Waals surface area contributed by atoms with Crippen LogP contribution in [0.15, 0.2) is 44.2 Å². The van der Waals surface area contributed by atoms with Crippen molar-refractivity contribution >= 4 is 21.4 Å². The second-order valence-electron chi connectivity index (χ2n) is 9.27. The van der Waals surface area contributed by atoms with Gasteiger partial charge in [-0.3, -0.25) is 9.36 Å². The number of unbranched alkanes of at least 4 members (excludes halogenated alkanes) is 1. The summed E-state index contributed by atoms with van der Waals surface area (Å²) in [6.07, 6.45) is 5.20. The van der Waals surface area contributed by atoms with Gasteiger partial charge in [0.15, 0.2) is 5.69 Å². The van der Waals surface area contributed by atoms with Crippen LogP contribution in [0, 0.1) is 24.2 Å². The van der Waals surface area contributed by atoms with Crippen LogP contribution in [0.3, 0.4) is 0 Å². The van der Waals surface area contributed by atoms with Gasteiger partial charge < -0.3 is 9.84 Å². The summed E-state index contributed by atoms with van der Waals surface area (Å²) in [6, 6.07) is 8.05. The number of aromatic nitrogens is 1. The predicted octanol–water partition coefficient (Wildman–Crippen LogP) is 4.82. The Morgan fingerprint density at radius 3 is 2.70 bits per heavy atom. The maximum Gasteiger partial charge on any atom is 0.281 e. The molecule has 2 heterocycles. The van der Waals surface area contributed by atoms with E-state index in [-0.39, 0.29) is 58.4 Å². The molecule has 1 saturated heterocycles. The van der Waals surface area contributed by atoms with E-state index < -0.39 is 15.6 Å². The smallest absolute Gasteiger partial charge is 0.281 e. The summed E-state index contributed by atoms with van der Waals surface area (Å²) >= 11 is 0. The van der Waals surface area contributed by atoms with E-state index in [0.29, 0.717) is 6.61 Å². The molecule has 1 aromatic heterocycles. The van der Waals surface area contributed by atoms with Crippen molar-refractivity contribution in [2.24, 2.45) is 16.1 Å². The van der Waals surface area contributed by atoms with Gasteiger partial charge in [-0.15, -0.1) is 10.2 Å². The first-order chi connectivity index (χ1) is 17.7. The summed E-state index contributed by atoms with van der Waals surface area (Å²) in [7, 11) is -3.92. The maximum absolute atomic E-state index is 13.4. The average Bonchev–Trinajstić information content (AvgIpc) is 3.41. The number of nitrogens with one attached hydrogen (secondary N) is 1. The van der Waals surface area contributed by atoms with Crippen molar-refractivity contribution in [3.63, 3.8) is 0 Å². The number of hydrogen-bond donors (Lipinski definition) is 2. The molecule has 3 rings (SSSR count). The minimum atomic E-state index is -3.92. The van der Waals surface area contributed by atoms with Crippen LogP contribution in [0.5, 0.6) is 5.88 Å². The van der Waals surface area contributed by atoms with Crippen molar-refractivity contribution in [3.8, 4) is 11.9 Å². The maximum atomic E-state index is 13.4. The van der Waals surface area contributed by atoms with Gasteiger partial charge in [-0.25, -0.2) is 13.1 Å². The molecule has 10 nitrogen and oxygen atoms in total. The van der Waals surface area contributed by atoms with Crippen molar-refractivity contribution in [3.05, 3.63) is 45.7 Å². The number of hydrogen-bond acceptors (Lipinski definition) is 8. The first-order valence-electron chi connectivity index (χ1n) is 12.7. The predicted molar refractivity (Wildman–Crippen MR) is 140 cm³/mol. The second-order valence-corrected chi connectivity index (χ2v) is 11.0. The molecule has 0 aliphatic carbocycles. The standard InChI is InChI=1S/C26H35N5O5S/c1-4-6-10-19(5-2)17-31-25(32)21(15-27)18(3)24(26(31)33)30-29-22-12-7-8-13-23(22)37(34,35)28-16-20-11-9-14-36-20/h7-8,12-13,19-20,28,32H,4-6,9-11,14,16-17H2,1-3H3. The minimum absolute atomic E-state index is 0.0497. The molecule has 0 bridgehead atoms. The van der Waals surface area contributed by atoms with Crippen molar-refractivity contribution in [2.75, 3.05) is 13.2 Å². The Kier molecular flexibility index (Phi) is 9.97. The van der Waals surface area contributed by atoms with Gasteiger partial charge in [-0.2, -0.15) is 5.26 Å². The molecule has 1 aliphatic heterocycles. The Morgan fingerprint density at radius 1 is 1.30 bits per heavy atom. The zero-order valence-corrected chi connectivity index (χ0v) is 22.4. The monoisotopic (exact) mass is 529 g/mol. The van der Waals surface area contributed by atoms with Gasteiger partial charge in [0.05, 0.1) is 6.10 Å². The second kappa shape index (κ2) is 12.9. The van der Waals surface area contributed by atoms with E-state index in [0.717, 1.165) is 38.5 Å². The number of rotatable bonds is 12. The van der Waals surface area contributed by atoms with Gasteiger partial charge in [-0.05, 0) is 44.2 Å². The van der Waals surface area contributed by atoms with E-state index >= 15 is 0 Å². The molecule has 11 heteroatoms. The number of nitriles is 1. The van der Waals surface area contributed by atoms with E-state index in [1.54, 1.807) is 12.1 Å². The van der Waals surface area contributed by atoms with Crippen LogP contribution >= 0.6 is 0 Å². The Morgan fingerprint density at radius 2 is 2.05 bits per heavy atom. The highest BCUT2D eigenvalue weighted by molar-refractivity contribution is 7.89. The zero-order chi connectivity index (χ0) is 27.0. The topological polar surface area (TPSA) is 146 Å². The molecule has 2 atom stereocenters. The first-order valence-corrected chi connectivity index (χ1v) is 14.2. The third kappa shape index (κ3) is 6.83. The number of pyridine rings is 1. The molecule has 0 radical (unpaired) electrons. The van der Waals surface area contributed by atoms with Gasteiger partial charge in [0.2, 0.25) is 15.9 Å². The molecule has 1 aromatic carbocycles. The van der Waals surface area contributed by atoms with E-state index in [9.17, 15) is 23.6 Å². The van der Waals surface area contributed by atoms with Gasteiger partial charge in [0.1, 0.15) is 22.2 Å². The number of ether oxygens (including phenoxy) is 1. The summed E-state index contributed by atoms with van der Waals surface area (Å²) in [6.45, 7) is 6.63. The molecule has 37 heavy (non-hydrogen) atoms. The Balaban J connectivity index is 1.98. The number of aromatic hydroxyl groups is 1. The summed E-state index contributed by atoms with van der Waals surface area (Å²) in [5, 5.41) is 28.6. The fraction of sp³-hybridized carbons (Fsp3) is 0.538. The number of nitrogens with zero attached hydrogens (tertiary/aromatic N) is 4. The molecule has 1 fully saturated rings. The molecule has 1 aliphatic rings. The van der Waals surface area contributed by atoms with Crippen molar-refractivity contribution in [1.29, 1.82) is 5.26 Å². The average molecular weight is 530 g/mol. The molecule has 2 N–H and O–H groups in total. The summed E-state index contributed by atoms with van der Waals surface area (Å²) < 4.78 is 35.2. The first kappa shape index (κ1) is 28.5. The van der Waals surface area contributed by atoms with Crippen LogP contribution in [0.2, 0.25) is 0 Å². The molecular weight excluding hydrogens is 494 g/mol. The summed E-state index contributed by atoms with van der Waals surface area (Å²) in [5.74, 6) is -0.247. The Bertz CT molecular complexity index is 1320. The molecular formula is C26H35N5O5S. The highest BCUT2D eigenvalue weighted by Gasteiger charge is 2.24. The fourth-order valence-electron chi connectivity index (χ4n) is 4.36. The van der Waals surface area contributed by atoms with Crippen LogP contribution in [0.25, 0.3) is 0 Å². The number of sulfonamides is 1. The van der Waals surface area contributed by atoms with Crippen molar-refractivity contribution < 1.29 is 18.3 Å². The molecule has 2 unspecified atom stereocenters. The van der Waals surface area contributed by atoms with Crippen molar-refractivity contribution in [2.45, 2.75) is 76.8 Å². The van der Waals surface area contributed by atoms with Gasteiger partial charge in [0, 0.05) is 25.3 Å². The lowest BCUT2D eigenvalue weighted by molar-refractivity contribution is 0.114. The van der Waals surface area contributed by atoms with Crippen LogP contribution in [0.1, 0.15) is 63.5 Å². The van der Waals surface area contributed by atoms with Crippen LogP contribution in [-0.4, -0.2) is 37.3 Å². The van der Waals surface area contributed by atoms with Gasteiger partial charge in [-0.1, -0.05) is 45.2 Å². The van der Waals surface area contributed by atoms with Gasteiger partial charge in [0.25, 0.3) is 5.56 Å². The number of azo groups is 1. The van der Waals surface area contributed by atoms with E-state index in [2.05, 4.69) is 21.9 Å². The Hall–Kier alpha value is -3.07. The third-order valence-corrected chi connectivity index (χ3v) is 8.16. The van der Waals surface area contributed by atoms with Crippen molar-refractivity contribution in [1.82, 2.24) is 9.29 Å². The summed E-state index contributed by atoms with van der Waals surface area (Å²) in [5.41, 5.74) is -0.515. The van der Waals surface area contributed by atoms with E-state index in [4.69, 9.17) is 4.74 Å². The largest absolute Gasteiger partial charge is 0.493 e. The SMILES string of the molecule is CCCCC(CC)Cn1c(O)c(C#N)c(C)c(N=Nc2ccccc2S(=O)(=O)NCC2CCCO2)c1=O. The Labute approximate surface area is 218 Å². The lowest BCUT2D eigenvalue weighted by Crippen LogP contribution is -2.31. The van der Waals surface area contributed by atoms with Crippen LogP contribution in [0.4, 0.5) is 11.4 Å². The molecule has 0 amide bonds. The lowest BCUT2D eigenvalue weighted by Gasteiger charge is -2.19. The van der Waals surface area contributed by atoms with Crippen LogP contribution in [-0.2, 0) is 21.3 Å². The quantitative estimate of drug-likeness (QED) is 0.377. The number of benzene rings is 1. The summed E-state index contributed by atoms with van der Waals surface area (Å²) in [4.78, 5) is 13.3. The normalized spacial score (nSPS) is 16.8. The highest BCUT2D eigenvalue weighted by Crippen LogP contribution is 2.30. The van der Waals surface area contributed by atoms with E-state index in [1.165, 1.54) is 23.6 Å². The molecule has 200 valence electrons. The fourth-order valence-corrected chi connectivity index (χ4v) is 5.56. The molecule has 0 spiro atoms. The van der Waals surface area contributed by atoms with E-state index in [1.807, 2.05) is 13.0 Å². The molecule has 2 aromatic rings. The zero-order valence-electron chi connectivity index (χ0n) is 21.6. The minimum Gasteiger partial charge on any atom is -0.493 e. The van der Waals surface area contributed by atoms with Gasteiger partial charge >= 0.3 is 0 Å². The highest BCUT2D eigenvalue weighted by atomic mass is 32.2. The van der Waals surface area contributed by atoms with Crippen LogP contribution < -0.4 is 10.3 Å². The third-order valence-electron chi connectivity index (χ3n) is 6.69. The lowest BCUT2D eigenvalue weighted by atomic mass is 9.99. The molecule has 0 saturated carbocycles.